The molecule has 1 aliphatic carbocycles. The lowest BCUT2D eigenvalue weighted by atomic mass is 10.0. The maximum Gasteiger partial charge on any atom is 0.290 e. The number of allylic oxidation sites excluding steroid dienone is 1. The number of aliphatic imine (C=N–C) groups is 1. The van der Waals surface area contributed by atoms with Crippen molar-refractivity contribution in [1.82, 2.24) is 0 Å². The molecular weight excluding hydrogens is 222 g/mol. The summed E-state index contributed by atoms with van der Waals surface area (Å²) in [6, 6.07) is 0.200. The van der Waals surface area contributed by atoms with E-state index in [-0.39, 0.29) is 16.2 Å². The number of rotatable bonds is 1. The van der Waals surface area contributed by atoms with Gasteiger partial charge in [-0.3, -0.25) is 9.55 Å². The molecule has 14 heavy (non-hydrogen) atoms. The van der Waals surface area contributed by atoms with Gasteiger partial charge in [-0.1, -0.05) is 6.08 Å². The standard InChI is InChI=1S/C8H11NO3S2/c1-5-9-7-3-2-6(14(10,11)12)4-8(7)13-5/h2,7-8H,3-4H2,1H3,(H,10,11,12). The van der Waals surface area contributed by atoms with E-state index in [2.05, 4.69) is 4.99 Å². The van der Waals surface area contributed by atoms with Crippen molar-refractivity contribution in [2.75, 3.05) is 0 Å². The van der Waals surface area contributed by atoms with Crippen LogP contribution in [0.1, 0.15) is 19.8 Å². The number of fused-ring (bicyclic) bond motifs is 1. The number of nitrogens with zero attached hydrogens (tertiary/aromatic N) is 1. The summed E-state index contributed by atoms with van der Waals surface area (Å²) in [5.41, 5.74) is 0. The molecule has 0 amide bonds. The summed E-state index contributed by atoms with van der Waals surface area (Å²) in [4.78, 5) is 4.53. The van der Waals surface area contributed by atoms with Gasteiger partial charge in [-0.2, -0.15) is 8.42 Å². The number of hydrogen-bond acceptors (Lipinski definition) is 4. The van der Waals surface area contributed by atoms with E-state index in [1.807, 2.05) is 6.92 Å². The highest BCUT2D eigenvalue weighted by Gasteiger charge is 2.34. The van der Waals surface area contributed by atoms with Crippen LogP contribution in [0.5, 0.6) is 0 Å². The zero-order valence-electron chi connectivity index (χ0n) is 7.67. The van der Waals surface area contributed by atoms with Gasteiger partial charge < -0.3 is 0 Å². The summed E-state index contributed by atoms with van der Waals surface area (Å²) in [6.07, 6.45) is 2.60. The van der Waals surface area contributed by atoms with Crippen molar-refractivity contribution in [2.24, 2.45) is 4.99 Å². The van der Waals surface area contributed by atoms with Crippen LogP contribution in [0, 0.1) is 0 Å². The first kappa shape index (κ1) is 10.2. The molecule has 1 aliphatic heterocycles. The van der Waals surface area contributed by atoms with Crippen LogP contribution in [0.2, 0.25) is 0 Å². The first-order valence-electron chi connectivity index (χ1n) is 4.34. The molecule has 0 aromatic heterocycles. The van der Waals surface area contributed by atoms with E-state index in [0.717, 1.165) is 5.04 Å². The largest absolute Gasteiger partial charge is 0.290 e. The number of hydrogen-bond donors (Lipinski definition) is 1. The third kappa shape index (κ3) is 1.87. The summed E-state index contributed by atoms with van der Waals surface area (Å²) in [5.74, 6) is 0. The van der Waals surface area contributed by atoms with Crippen molar-refractivity contribution in [3.05, 3.63) is 11.0 Å². The molecule has 2 unspecified atom stereocenters. The first-order chi connectivity index (χ1) is 6.47. The van der Waals surface area contributed by atoms with Crippen molar-refractivity contribution < 1.29 is 13.0 Å². The zero-order chi connectivity index (χ0) is 10.3. The molecule has 0 fully saturated rings. The molecule has 0 aromatic rings. The molecule has 2 rings (SSSR count). The highest BCUT2D eigenvalue weighted by atomic mass is 32.2. The predicted molar refractivity (Wildman–Crippen MR) is 57.1 cm³/mol. The molecule has 0 bridgehead atoms. The van der Waals surface area contributed by atoms with Crippen molar-refractivity contribution in [1.29, 1.82) is 0 Å². The second-order valence-electron chi connectivity index (χ2n) is 3.46. The minimum atomic E-state index is -3.99. The SMILES string of the molecule is CC1=NC2CC=C(S(=O)(=O)O)CC2S1. The topological polar surface area (TPSA) is 66.7 Å². The molecule has 78 valence electrons. The van der Waals surface area contributed by atoms with Crippen LogP contribution in [0.15, 0.2) is 16.0 Å². The van der Waals surface area contributed by atoms with Crippen molar-refractivity contribution in [2.45, 2.75) is 31.1 Å². The lowest BCUT2D eigenvalue weighted by Gasteiger charge is -2.21. The molecule has 6 heteroatoms. The van der Waals surface area contributed by atoms with E-state index < -0.39 is 10.1 Å². The van der Waals surface area contributed by atoms with Gasteiger partial charge in [0.1, 0.15) is 0 Å². The molecule has 0 radical (unpaired) electrons. The average Bonchev–Trinajstić information content (AvgIpc) is 2.41. The van der Waals surface area contributed by atoms with Gasteiger partial charge in [0.05, 0.1) is 16.0 Å². The fraction of sp³-hybridized carbons (Fsp3) is 0.625. The monoisotopic (exact) mass is 233 g/mol. The molecule has 1 heterocycles. The molecule has 0 saturated carbocycles. The normalized spacial score (nSPS) is 32.1. The molecule has 4 nitrogen and oxygen atoms in total. The maximum absolute atomic E-state index is 10.9. The van der Waals surface area contributed by atoms with E-state index in [0.29, 0.717) is 12.8 Å². The molecular formula is C8H11NO3S2. The second-order valence-corrected chi connectivity index (χ2v) is 6.36. The minimum absolute atomic E-state index is 0.149. The Kier molecular flexibility index (Phi) is 2.45. The van der Waals surface area contributed by atoms with E-state index in [1.54, 1.807) is 17.8 Å². The van der Waals surface area contributed by atoms with Crippen molar-refractivity contribution >= 4 is 26.9 Å². The quantitative estimate of drug-likeness (QED) is 0.696. The summed E-state index contributed by atoms with van der Waals surface area (Å²) in [5, 5.41) is 1.20. The Morgan fingerprint density at radius 3 is 3.00 bits per heavy atom. The van der Waals surface area contributed by atoms with Crippen LogP contribution in [-0.2, 0) is 10.1 Å². The average molecular weight is 233 g/mol. The van der Waals surface area contributed by atoms with Gasteiger partial charge in [0.2, 0.25) is 0 Å². The van der Waals surface area contributed by atoms with Gasteiger partial charge in [0, 0.05) is 5.25 Å². The van der Waals surface area contributed by atoms with E-state index in [4.69, 9.17) is 4.55 Å². The Morgan fingerprint density at radius 2 is 2.36 bits per heavy atom. The Hall–Kier alpha value is -0.330. The first-order valence-corrected chi connectivity index (χ1v) is 6.66. The Labute approximate surface area is 87.2 Å². The van der Waals surface area contributed by atoms with Gasteiger partial charge in [0.15, 0.2) is 0 Å². The third-order valence-corrected chi connectivity index (χ3v) is 4.65. The molecule has 2 aliphatic rings. The molecule has 1 N–H and O–H groups in total. The lowest BCUT2D eigenvalue weighted by Crippen LogP contribution is -2.24. The van der Waals surface area contributed by atoms with Crippen molar-refractivity contribution in [3.63, 3.8) is 0 Å². The number of thioether (sulfide) groups is 1. The van der Waals surface area contributed by atoms with Gasteiger partial charge in [-0.05, 0) is 19.8 Å². The molecule has 2 atom stereocenters. The Morgan fingerprint density at radius 1 is 1.64 bits per heavy atom. The fourth-order valence-corrected chi connectivity index (χ4v) is 3.80. The van der Waals surface area contributed by atoms with Crippen LogP contribution in [0.4, 0.5) is 0 Å². The summed E-state index contributed by atoms with van der Waals surface area (Å²) >= 11 is 1.60. The van der Waals surface area contributed by atoms with Crippen molar-refractivity contribution in [3.8, 4) is 0 Å². The van der Waals surface area contributed by atoms with E-state index in [9.17, 15) is 8.42 Å². The fourth-order valence-electron chi connectivity index (χ4n) is 1.77. The smallest absolute Gasteiger partial charge is 0.282 e. The van der Waals surface area contributed by atoms with Crippen LogP contribution in [0.25, 0.3) is 0 Å². The highest BCUT2D eigenvalue weighted by Crippen LogP contribution is 2.37. The molecule has 0 aromatic carbocycles. The highest BCUT2D eigenvalue weighted by molar-refractivity contribution is 8.14. The predicted octanol–water partition coefficient (Wildman–Crippen LogP) is 1.45. The summed E-state index contributed by atoms with van der Waals surface area (Å²) in [6.45, 7) is 1.93. The lowest BCUT2D eigenvalue weighted by molar-refractivity contribution is 0.485. The van der Waals surface area contributed by atoms with Crippen LogP contribution < -0.4 is 0 Å². The summed E-state index contributed by atoms with van der Waals surface area (Å²) < 4.78 is 30.7. The van der Waals surface area contributed by atoms with Gasteiger partial charge in [-0.25, -0.2) is 0 Å². The molecule has 0 saturated heterocycles. The maximum atomic E-state index is 10.9. The summed E-state index contributed by atoms with van der Waals surface area (Å²) in [7, 11) is -3.99. The van der Waals surface area contributed by atoms with E-state index in [1.165, 1.54) is 0 Å². The van der Waals surface area contributed by atoms with Crippen LogP contribution in [0.3, 0.4) is 0 Å². The van der Waals surface area contributed by atoms with Crippen LogP contribution >= 0.6 is 11.8 Å². The Balaban J connectivity index is 2.19. The third-order valence-electron chi connectivity index (χ3n) is 2.42. The minimum Gasteiger partial charge on any atom is -0.282 e. The van der Waals surface area contributed by atoms with Gasteiger partial charge >= 0.3 is 0 Å². The van der Waals surface area contributed by atoms with Gasteiger partial charge in [0.25, 0.3) is 10.1 Å². The molecule has 0 spiro atoms. The van der Waals surface area contributed by atoms with E-state index >= 15 is 0 Å². The Bertz CT molecular complexity index is 410. The van der Waals surface area contributed by atoms with Gasteiger partial charge in [-0.15, -0.1) is 11.8 Å². The zero-order valence-corrected chi connectivity index (χ0v) is 9.31. The van der Waals surface area contributed by atoms with Crippen LogP contribution in [-0.4, -0.2) is 29.3 Å². The second kappa shape index (κ2) is 3.36.